The van der Waals surface area contributed by atoms with E-state index in [0.717, 1.165) is 6.42 Å². The summed E-state index contributed by atoms with van der Waals surface area (Å²) < 4.78 is 5.05. The average Bonchev–Trinajstić information content (AvgIpc) is 2.29. The molecule has 1 fully saturated rings. The van der Waals surface area contributed by atoms with E-state index in [-0.39, 0.29) is 29.8 Å². The Balaban J connectivity index is 2.91. The Morgan fingerprint density at radius 3 is 2.44 bits per heavy atom. The summed E-state index contributed by atoms with van der Waals surface area (Å²) in [5.41, 5.74) is 0. The third kappa shape index (κ3) is 3.02. The van der Waals surface area contributed by atoms with Gasteiger partial charge in [0.2, 0.25) is 11.8 Å². The number of nitrogens with one attached hydrogen (secondary N) is 1. The summed E-state index contributed by atoms with van der Waals surface area (Å²) in [6.07, 6.45) is 0.742. The summed E-state index contributed by atoms with van der Waals surface area (Å²) in [4.78, 5) is 26.0. The highest BCUT2D eigenvalue weighted by Crippen LogP contribution is 2.21. The molecule has 1 N–H and O–H groups in total. The number of ether oxygens (including phenoxy) is 1. The minimum absolute atomic E-state index is 0.00287. The molecule has 0 aliphatic carbocycles. The van der Waals surface area contributed by atoms with Crippen molar-refractivity contribution in [3.8, 4) is 0 Å². The lowest BCUT2D eigenvalue weighted by atomic mass is 9.95. The van der Waals surface area contributed by atoms with E-state index >= 15 is 0 Å². The van der Waals surface area contributed by atoms with Gasteiger partial charge in [-0.2, -0.15) is 0 Å². The third-order valence-corrected chi connectivity index (χ3v) is 3.40. The topological polar surface area (TPSA) is 58.6 Å². The molecule has 1 heterocycles. The maximum atomic E-state index is 12.3. The first-order chi connectivity index (χ1) is 8.40. The molecule has 5 heteroatoms. The number of hydrogen-bond donors (Lipinski definition) is 1. The van der Waals surface area contributed by atoms with Crippen molar-refractivity contribution in [1.29, 1.82) is 0 Å². The Morgan fingerprint density at radius 2 is 1.94 bits per heavy atom. The average molecular weight is 256 g/mol. The molecule has 2 amide bonds. The minimum atomic E-state index is -0.433. The first-order valence-corrected chi connectivity index (χ1v) is 6.51. The number of carbonyl (C=O) groups excluding carboxylic acids is 2. The predicted octanol–water partition coefficient (Wildman–Crippen LogP) is 0.783. The molecule has 104 valence electrons. The smallest absolute Gasteiger partial charge is 0.245 e. The van der Waals surface area contributed by atoms with Crippen LogP contribution in [0.2, 0.25) is 0 Å². The van der Waals surface area contributed by atoms with Crippen molar-refractivity contribution in [3.05, 3.63) is 0 Å². The molecule has 1 aliphatic rings. The maximum absolute atomic E-state index is 12.3. The Hall–Kier alpha value is -1.10. The first kappa shape index (κ1) is 15.0. The van der Waals surface area contributed by atoms with Crippen LogP contribution in [0.1, 0.15) is 34.1 Å². The fourth-order valence-electron chi connectivity index (χ4n) is 2.39. The van der Waals surface area contributed by atoms with Gasteiger partial charge in [0, 0.05) is 19.8 Å². The van der Waals surface area contributed by atoms with Crippen LogP contribution in [0.25, 0.3) is 0 Å². The van der Waals surface area contributed by atoms with E-state index in [1.54, 1.807) is 18.9 Å². The molecule has 0 aromatic rings. The van der Waals surface area contributed by atoms with E-state index < -0.39 is 6.04 Å². The zero-order valence-electron chi connectivity index (χ0n) is 11.9. The molecule has 1 saturated heterocycles. The quantitative estimate of drug-likeness (QED) is 0.791. The molecule has 1 rings (SSSR count). The number of piperazine rings is 1. The van der Waals surface area contributed by atoms with Crippen molar-refractivity contribution < 1.29 is 14.3 Å². The van der Waals surface area contributed by atoms with Crippen LogP contribution < -0.4 is 5.32 Å². The molecule has 5 nitrogen and oxygen atoms in total. The molecular formula is C13H24N2O3. The van der Waals surface area contributed by atoms with Gasteiger partial charge in [0.25, 0.3) is 0 Å². The minimum Gasteiger partial charge on any atom is -0.385 e. The molecule has 18 heavy (non-hydrogen) atoms. The summed E-state index contributed by atoms with van der Waals surface area (Å²) in [7, 11) is 1.64. The number of nitrogens with zero attached hydrogens (tertiary/aromatic N) is 1. The van der Waals surface area contributed by atoms with Crippen LogP contribution in [0.5, 0.6) is 0 Å². The number of carbonyl (C=O) groups is 2. The summed E-state index contributed by atoms with van der Waals surface area (Å²) in [6.45, 7) is 8.21. The first-order valence-electron chi connectivity index (χ1n) is 6.51. The summed E-state index contributed by atoms with van der Waals surface area (Å²) >= 11 is 0. The van der Waals surface area contributed by atoms with E-state index in [4.69, 9.17) is 4.74 Å². The number of rotatable bonds is 5. The van der Waals surface area contributed by atoms with Gasteiger partial charge in [0.05, 0.1) is 0 Å². The summed E-state index contributed by atoms with van der Waals surface area (Å²) in [6, 6.07) is -0.795. The van der Waals surface area contributed by atoms with Crippen LogP contribution in [-0.2, 0) is 14.3 Å². The van der Waals surface area contributed by atoms with E-state index in [0.29, 0.717) is 6.61 Å². The van der Waals surface area contributed by atoms with Gasteiger partial charge in [0.15, 0.2) is 0 Å². The monoisotopic (exact) mass is 256 g/mol. The highest BCUT2D eigenvalue weighted by Gasteiger charge is 2.42. The largest absolute Gasteiger partial charge is 0.385 e. The van der Waals surface area contributed by atoms with E-state index in [1.807, 2.05) is 20.8 Å². The Kier molecular flexibility index (Phi) is 5.14. The van der Waals surface area contributed by atoms with Gasteiger partial charge >= 0.3 is 0 Å². The molecule has 0 aromatic heterocycles. The van der Waals surface area contributed by atoms with Crippen LogP contribution in [-0.4, -0.2) is 48.6 Å². The fourth-order valence-corrected chi connectivity index (χ4v) is 2.39. The van der Waals surface area contributed by atoms with Crippen LogP contribution in [0.3, 0.4) is 0 Å². The molecule has 0 radical (unpaired) electrons. The number of amides is 2. The Morgan fingerprint density at radius 1 is 1.33 bits per heavy atom. The number of hydrogen-bond acceptors (Lipinski definition) is 3. The van der Waals surface area contributed by atoms with Gasteiger partial charge in [0.1, 0.15) is 12.1 Å². The van der Waals surface area contributed by atoms with E-state index in [1.165, 1.54) is 0 Å². The van der Waals surface area contributed by atoms with Crippen molar-refractivity contribution in [2.75, 3.05) is 13.7 Å². The molecular weight excluding hydrogens is 232 g/mol. The Bertz CT molecular complexity index is 317. The molecule has 1 aliphatic heterocycles. The highest BCUT2D eigenvalue weighted by atomic mass is 16.5. The van der Waals surface area contributed by atoms with Crippen molar-refractivity contribution in [2.24, 2.45) is 5.92 Å². The molecule has 0 aromatic carbocycles. The standard InChI is InChI=1S/C13H24N2O3/c1-8(2)11-12(16)14-10(4)13(17)15(11)9(3)6-7-18-5/h8-11H,6-7H2,1-5H3,(H,14,16). The van der Waals surface area contributed by atoms with Crippen LogP contribution >= 0.6 is 0 Å². The van der Waals surface area contributed by atoms with Crippen LogP contribution in [0.4, 0.5) is 0 Å². The van der Waals surface area contributed by atoms with Gasteiger partial charge in [-0.05, 0) is 26.2 Å². The number of methoxy groups -OCH3 is 1. The fraction of sp³-hybridized carbons (Fsp3) is 0.846. The summed E-state index contributed by atoms with van der Waals surface area (Å²) in [5, 5.41) is 2.74. The lowest BCUT2D eigenvalue weighted by Crippen LogP contribution is -2.66. The second kappa shape index (κ2) is 6.18. The SMILES string of the molecule is COCCC(C)N1C(=O)C(C)NC(=O)C1C(C)C. The van der Waals surface area contributed by atoms with Gasteiger partial charge in [-0.3, -0.25) is 9.59 Å². The van der Waals surface area contributed by atoms with Crippen molar-refractivity contribution in [2.45, 2.75) is 52.2 Å². The van der Waals surface area contributed by atoms with Gasteiger partial charge in [-0.15, -0.1) is 0 Å². The van der Waals surface area contributed by atoms with E-state index in [2.05, 4.69) is 5.32 Å². The zero-order valence-corrected chi connectivity index (χ0v) is 11.9. The van der Waals surface area contributed by atoms with Gasteiger partial charge < -0.3 is 15.0 Å². The lowest BCUT2D eigenvalue weighted by Gasteiger charge is -2.43. The third-order valence-electron chi connectivity index (χ3n) is 3.40. The molecule has 0 bridgehead atoms. The summed E-state index contributed by atoms with van der Waals surface area (Å²) in [5.74, 6) is 0.0460. The second-order valence-corrected chi connectivity index (χ2v) is 5.30. The van der Waals surface area contributed by atoms with Gasteiger partial charge in [-0.1, -0.05) is 13.8 Å². The zero-order chi connectivity index (χ0) is 13.9. The van der Waals surface area contributed by atoms with Gasteiger partial charge in [-0.25, -0.2) is 0 Å². The van der Waals surface area contributed by atoms with E-state index in [9.17, 15) is 9.59 Å². The van der Waals surface area contributed by atoms with Crippen molar-refractivity contribution in [3.63, 3.8) is 0 Å². The molecule has 0 saturated carbocycles. The Labute approximate surface area is 109 Å². The molecule has 3 unspecified atom stereocenters. The molecule has 3 atom stereocenters. The highest BCUT2D eigenvalue weighted by molar-refractivity contribution is 5.97. The van der Waals surface area contributed by atoms with Crippen molar-refractivity contribution in [1.82, 2.24) is 10.2 Å². The molecule has 0 spiro atoms. The normalized spacial score (nSPS) is 26.4. The second-order valence-electron chi connectivity index (χ2n) is 5.30. The van der Waals surface area contributed by atoms with Crippen molar-refractivity contribution >= 4 is 11.8 Å². The maximum Gasteiger partial charge on any atom is 0.245 e. The predicted molar refractivity (Wildman–Crippen MR) is 69.0 cm³/mol. The van der Waals surface area contributed by atoms with Crippen LogP contribution in [0, 0.1) is 5.92 Å². The lowest BCUT2D eigenvalue weighted by molar-refractivity contribution is -0.153. The van der Waals surface area contributed by atoms with Crippen LogP contribution in [0.15, 0.2) is 0 Å².